The molecule has 0 aliphatic heterocycles. The number of carbonyl (C=O) groups excluding carboxylic acids is 1. The maximum atomic E-state index is 12.4. The Morgan fingerprint density at radius 2 is 1.63 bits per heavy atom. The molecule has 1 aromatic carbocycles. The number of rotatable bonds is 4. The van der Waals surface area contributed by atoms with Gasteiger partial charge in [0.1, 0.15) is 5.25 Å². The van der Waals surface area contributed by atoms with Gasteiger partial charge in [-0.2, -0.15) is 0 Å². The van der Waals surface area contributed by atoms with E-state index in [1.165, 1.54) is 0 Å². The first-order valence-electron chi connectivity index (χ1n) is 6.13. The molecule has 0 amide bonds. The molecular formula is C14H20NO3S. The van der Waals surface area contributed by atoms with E-state index in [0.29, 0.717) is 5.56 Å². The van der Waals surface area contributed by atoms with Crippen molar-refractivity contribution < 1.29 is 13.2 Å². The number of nitrogens with one attached hydrogen (secondary N) is 1. The summed E-state index contributed by atoms with van der Waals surface area (Å²) < 4.78 is 23.4. The van der Waals surface area contributed by atoms with Crippen LogP contribution in [0.15, 0.2) is 30.3 Å². The molecule has 0 aliphatic rings. The van der Waals surface area contributed by atoms with Crippen LogP contribution in [0.1, 0.15) is 38.1 Å². The highest BCUT2D eigenvalue weighted by Crippen LogP contribution is 2.32. The van der Waals surface area contributed by atoms with Gasteiger partial charge in [0.15, 0.2) is 5.78 Å². The van der Waals surface area contributed by atoms with Crippen molar-refractivity contribution in [2.45, 2.75) is 32.9 Å². The van der Waals surface area contributed by atoms with E-state index >= 15 is 0 Å². The number of hydrogen-bond donors (Lipinski definition) is 0. The summed E-state index contributed by atoms with van der Waals surface area (Å²) in [4.78, 5) is 12.4. The van der Waals surface area contributed by atoms with E-state index in [1.807, 2.05) is 20.8 Å². The van der Waals surface area contributed by atoms with Crippen LogP contribution in [0.25, 0.3) is 0 Å². The van der Waals surface area contributed by atoms with Gasteiger partial charge in [-0.05, 0) is 11.3 Å². The first kappa shape index (κ1) is 15.9. The molecular weight excluding hydrogens is 262 g/mol. The lowest BCUT2D eigenvalue weighted by Crippen LogP contribution is -2.42. The zero-order valence-electron chi connectivity index (χ0n) is 11.7. The molecule has 0 aliphatic carbocycles. The van der Waals surface area contributed by atoms with Crippen molar-refractivity contribution in [1.82, 2.24) is 5.14 Å². The van der Waals surface area contributed by atoms with Crippen LogP contribution >= 0.6 is 0 Å². The van der Waals surface area contributed by atoms with Crippen LogP contribution in [0.4, 0.5) is 0 Å². The molecule has 19 heavy (non-hydrogen) atoms. The summed E-state index contributed by atoms with van der Waals surface area (Å²) in [6.07, 6.45) is 0. The second-order valence-electron chi connectivity index (χ2n) is 5.85. The van der Waals surface area contributed by atoms with Crippen LogP contribution < -0.4 is 5.14 Å². The van der Waals surface area contributed by atoms with E-state index in [4.69, 9.17) is 5.14 Å². The summed E-state index contributed by atoms with van der Waals surface area (Å²) in [6.45, 7) is 7.31. The Kier molecular flexibility index (Phi) is 4.53. The second kappa shape index (κ2) is 5.43. The van der Waals surface area contributed by atoms with E-state index < -0.39 is 27.0 Å². The lowest BCUT2D eigenvalue weighted by Gasteiger charge is -2.32. The molecule has 105 valence electrons. The average molecular weight is 282 g/mol. The minimum Gasteiger partial charge on any atom is -0.293 e. The lowest BCUT2D eigenvalue weighted by molar-refractivity contribution is 0.0933. The van der Waals surface area contributed by atoms with Crippen LogP contribution in [0.5, 0.6) is 0 Å². The monoisotopic (exact) mass is 282 g/mol. The highest BCUT2D eigenvalue weighted by molar-refractivity contribution is 7.90. The Bertz CT molecular complexity index is 544. The van der Waals surface area contributed by atoms with Crippen LogP contribution in [0, 0.1) is 11.3 Å². The van der Waals surface area contributed by atoms with Crippen molar-refractivity contribution in [3.05, 3.63) is 35.9 Å². The molecule has 0 aromatic heterocycles. The molecule has 0 fully saturated rings. The largest absolute Gasteiger partial charge is 0.293 e. The average Bonchev–Trinajstić information content (AvgIpc) is 2.27. The Labute approximate surface area is 115 Å². The highest BCUT2D eigenvalue weighted by atomic mass is 32.2. The van der Waals surface area contributed by atoms with Crippen LogP contribution in [0.3, 0.4) is 0 Å². The van der Waals surface area contributed by atoms with Crippen molar-refractivity contribution in [1.29, 1.82) is 0 Å². The third kappa shape index (κ3) is 3.88. The fourth-order valence-electron chi connectivity index (χ4n) is 1.86. The van der Waals surface area contributed by atoms with E-state index in [1.54, 1.807) is 37.3 Å². The maximum Gasteiger partial charge on any atom is 0.235 e. The van der Waals surface area contributed by atoms with Gasteiger partial charge in [-0.15, -0.1) is 5.14 Å². The van der Waals surface area contributed by atoms with Gasteiger partial charge >= 0.3 is 0 Å². The molecule has 0 heterocycles. The maximum absolute atomic E-state index is 12.4. The predicted molar refractivity (Wildman–Crippen MR) is 75.2 cm³/mol. The highest BCUT2D eigenvalue weighted by Gasteiger charge is 2.41. The molecule has 1 radical (unpaired) electrons. The minimum atomic E-state index is -4.19. The summed E-state index contributed by atoms with van der Waals surface area (Å²) in [5.74, 6) is -0.944. The number of sulfonamides is 1. The number of hydrogen-bond acceptors (Lipinski definition) is 3. The van der Waals surface area contributed by atoms with Gasteiger partial charge in [-0.25, -0.2) is 8.42 Å². The minimum absolute atomic E-state index is 0.333. The summed E-state index contributed by atoms with van der Waals surface area (Å²) in [5.41, 5.74) is -0.0390. The number of Topliss-reactive ketones (excluding diaryl/α,β-unsaturated/α-hetero) is 1. The van der Waals surface area contributed by atoms with E-state index in [2.05, 4.69) is 0 Å². The fraction of sp³-hybridized carbons (Fsp3) is 0.500. The number of ketones is 1. The van der Waals surface area contributed by atoms with E-state index in [0.717, 1.165) is 0 Å². The van der Waals surface area contributed by atoms with E-state index in [-0.39, 0.29) is 5.41 Å². The van der Waals surface area contributed by atoms with Gasteiger partial charge in [0.05, 0.1) is 0 Å². The SMILES string of the molecule is CC(C(C(=O)c1ccccc1)S([NH])(=O)=O)C(C)(C)C. The number of benzene rings is 1. The van der Waals surface area contributed by atoms with E-state index in [9.17, 15) is 13.2 Å². The normalized spacial score (nSPS) is 15.8. The van der Waals surface area contributed by atoms with Crippen LogP contribution in [-0.2, 0) is 10.0 Å². The third-order valence-electron chi connectivity index (χ3n) is 3.47. The van der Waals surface area contributed by atoms with Crippen molar-refractivity contribution in [2.24, 2.45) is 11.3 Å². The van der Waals surface area contributed by atoms with Gasteiger partial charge in [0.25, 0.3) is 0 Å². The predicted octanol–water partition coefficient (Wildman–Crippen LogP) is 2.53. The van der Waals surface area contributed by atoms with Crippen LogP contribution in [-0.4, -0.2) is 19.5 Å². The summed E-state index contributed by atoms with van der Waals surface area (Å²) in [6, 6.07) is 8.28. The molecule has 0 spiro atoms. The third-order valence-corrected chi connectivity index (χ3v) is 4.76. The van der Waals surface area contributed by atoms with Gasteiger partial charge in [-0.1, -0.05) is 58.0 Å². The van der Waals surface area contributed by atoms with Gasteiger partial charge in [0.2, 0.25) is 10.0 Å². The van der Waals surface area contributed by atoms with Crippen molar-refractivity contribution in [3.63, 3.8) is 0 Å². The zero-order chi connectivity index (χ0) is 14.8. The Morgan fingerprint density at radius 3 is 2.00 bits per heavy atom. The standard InChI is InChI=1S/C14H20NO3S/c1-10(14(2,3)4)13(19(15,17)18)12(16)11-8-6-5-7-9-11/h5-10,13,15H,1-4H3. The summed E-state index contributed by atoms with van der Waals surface area (Å²) >= 11 is 0. The Morgan fingerprint density at radius 1 is 1.16 bits per heavy atom. The summed E-state index contributed by atoms with van der Waals surface area (Å²) in [7, 11) is -4.19. The molecule has 1 aromatic rings. The topological polar surface area (TPSA) is 75.0 Å². The molecule has 1 N–H and O–H groups in total. The first-order chi connectivity index (χ1) is 8.55. The molecule has 1 rings (SSSR count). The molecule has 0 saturated heterocycles. The molecule has 0 bridgehead atoms. The smallest absolute Gasteiger partial charge is 0.235 e. The second-order valence-corrected chi connectivity index (χ2v) is 7.45. The van der Waals surface area contributed by atoms with Crippen LogP contribution in [0.2, 0.25) is 0 Å². The van der Waals surface area contributed by atoms with Gasteiger partial charge < -0.3 is 0 Å². The zero-order valence-corrected chi connectivity index (χ0v) is 12.5. The van der Waals surface area contributed by atoms with Gasteiger partial charge in [-0.3, -0.25) is 4.79 Å². The number of carbonyl (C=O) groups is 1. The molecule has 5 heteroatoms. The van der Waals surface area contributed by atoms with Crippen molar-refractivity contribution >= 4 is 15.8 Å². The fourth-order valence-corrected chi connectivity index (χ4v) is 3.22. The molecule has 2 atom stereocenters. The Balaban J connectivity index is 3.25. The molecule has 2 unspecified atom stereocenters. The first-order valence-corrected chi connectivity index (χ1v) is 7.67. The van der Waals surface area contributed by atoms with Crippen molar-refractivity contribution in [3.8, 4) is 0 Å². The van der Waals surface area contributed by atoms with Crippen molar-refractivity contribution in [2.75, 3.05) is 0 Å². The Hall–Kier alpha value is -1.20. The molecule has 4 nitrogen and oxygen atoms in total. The molecule has 0 saturated carbocycles. The lowest BCUT2D eigenvalue weighted by atomic mass is 9.78. The van der Waals surface area contributed by atoms with Gasteiger partial charge in [0, 0.05) is 5.56 Å². The summed E-state index contributed by atoms with van der Waals surface area (Å²) in [5, 5.41) is 6.01. The quantitative estimate of drug-likeness (QED) is 0.796.